The van der Waals surface area contributed by atoms with Crippen molar-refractivity contribution in [2.45, 2.75) is 12.6 Å². The van der Waals surface area contributed by atoms with E-state index in [1.165, 1.54) is 14.2 Å². The highest BCUT2D eigenvalue weighted by Gasteiger charge is 2.30. The molecule has 0 atom stereocenters. The number of aromatic nitrogens is 3. The molecular weight excluding hydrogens is 576 g/mol. The Labute approximate surface area is 255 Å². The number of amides is 1. The number of anilines is 1. The zero-order valence-electron chi connectivity index (χ0n) is 24.8. The monoisotopic (exact) mass is 612 g/mol. The number of likely N-dealkylation sites (N-methyl/N-ethyl adjacent to an activating group) is 1. The molecule has 1 N–H and O–H groups in total. The third-order valence-corrected chi connectivity index (χ3v) is 7.79. The number of ether oxygens (including phenoxy) is 4. The molecule has 3 aromatic rings. The molecule has 43 heavy (non-hydrogen) atoms. The van der Waals surface area contributed by atoms with Gasteiger partial charge in [-0.2, -0.15) is 4.98 Å². The van der Waals surface area contributed by atoms with Crippen LogP contribution in [-0.4, -0.2) is 111 Å². The number of nitrogens with one attached hydrogen (secondary N) is 1. The summed E-state index contributed by atoms with van der Waals surface area (Å²) in [6.45, 7) is 4.27. The highest BCUT2D eigenvalue weighted by Crippen LogP contribution is 2.38. The van der Waals surface area contributed by atoms with Gasteiger partial charge in [0.2, 0.25) is 11.9 Å². The molecule has 0 aliphatic carbocycles. The minimum atomic E-state index is -0.290. The van der Waals surface area contributed by atoms with Gasteiger partial charge in [-0.15, -0.1) is 0 Å². The van der Waals surface area contributed by atoms with E-state index in [-0.39, 0.29) is 30.7 Å². The maximum atomic E-state index is 14.0. The molecular formula is C30H37ClN6O6. The Morgan fingerprint density at radius 2 is 1.98 bits per heavy atom. The van der Waals surface area contributed by atoms with Crippen LogP contribution in [0.15, 0.2) is 41.3 Å². The van der Waals surface area contributed by atoms with Crippen molar-refractivity contribution in [3.8, 4) is 22.6 Å². The first-order chi connectivity index (χ1) is 20.8. The lowest BCUT2D eigenvalue weighted by Crippen LogP contribution is -2.54. The van der Waals surface area contributed by atoms with Gasteiger partial charge in [0, 0.05) is 66.9 Å². The van der Waals surface area contributed by atoms with Gasteiger partial charge in [-0.1, -0.05) is 17.7 Å². The quantitative estimate of drug-likeness (QED) is 0.288. The third kappa shape index (κ3) is 7.10. The van der Waals surface area contributed by atoms with Crippen molar-refractivity contribution in [1.82, 2.24) is 24.3 Å². The molecule has 0 radical (unpaired) electrons. The molecule has 2 aromatic heterocycles. The molecule has 2 aliphatic rings. The summed E-state index contributed by atoms with van der Waals surface area (Å²) in [5, 5.41) is 4.21. The lowest BCUT2D eigenvalue weighted by atomic mass is 10.0. The molecule has 0 spiro atoms. The van der Waals surface area contributed by atoms with Gasteiger partial charge in [-0.05, 0) is 26.2 Å². The SMILES string of the molecule is COc1cc(OC)c(Cl)c(-c2cc3cnc(NCC4COC4)nc3n(CCOC3CN(C(=O)C=CCN(C)C)C3)c2=O)c1. The fourth-order valence-electron chi connectivity index (χ4n) is 4.82. The first kappa shape index (κ1) is 30.7. The lowest BCUT2D eigenvalue weighted by Gasteiger charge is -2.38. The van der Waals surface area contributed by atoms with Crippen LogP contribution in [0, 0.1) is 5.92 Å². The van der Waals surface area contributed by atoms with Gasteiger partial charge < -0.3 is 34.1 Å². The van der Waals surface area contributed by atoms with Crippen LogP contribution in [0.25, 0.3) is 22.2 Å². The molecule has 1 aromatic carbocycles. The molecule has 2 fully saturated rings. The number of nitrogens with zero attached hydrogens (tertiary/aromatic N) is 5. The van der Waals surface area contributed by atoms with E-state index in [9.17, 15) is 9.59 Å². The van der Waals surface area contributed by atoms with E-state index in [1.54, 1.807) is 39.9 Å². The molecule has 4 heterocycles. The smallest absolute Gasteiger partial charge is 0.260 e. The number of hydrogen-bond acceptors (Lipinski definition) is 10. The minimum absolute atomic E-state index is 0.0348. The maximum absolute atomic E-state index is 14.0. The first-order valence-corrected chi connectivity index (χ1v) is 14.5. The summed E-state index contributed by atoms with van der Waals surface area (Å²) in [6, 6.07) is 5.11. The largest absolute Gasteiger partial charge is 0.497 e. The summed E-state index contributed by atoms with van der Waals surface area (Å²) in [6.07, 6.45) is 5.02. The van der Waals surface area contributed by atoms with Crippen molar-refractivity contribution >= 4 is 34.5 Å². The fourth-order valence-corrected chi connectivity index (χ4v) is 5.11. The number of carbonyl (C=O) groups excluding carboxylic acids is 1. The van der Waals surface area contributed by atoms with Gasteiger partial charge in [0.25, 0.3) is 5.56 Å². The summed E-state index contributed by atoms with van der Waals surface area (Å²) in [4.78, 5) is 39.3. The summed E-state index contributed by atoms with van der Waals surface area (Å²) in [7, 11) is 6.94. The van der Waals surface area contributed by atoms with E-state index >= 15 is 0 Å². The molecule has 2 saturated heterocycles. The van der Waals surface area contributed by atoms with E-state index in [0.717, 1.165) is 0 Å². The number of halogens is 1. The van der Waals surface area contributed by atoms with Crippen molar-refractivity contribution in [2.75, 3.05) is 79.6 Å². The molecule has 13 heteroatoms. The van der Waals surface area contributed by atoms with E-state index in [1.807, 2.05) is 25.1 Å². The normalized spacial score (nSPS) is 15.6. The number of methoxy groups -OCH3 is 2. The highest BCUT2D eigenvalue weighted by molar-refractivity contribution is 6.35. The van der Waals surface area contributed by atoms with Crippen LogP contribution < -0.4 is 20.3 Å². The number of fused-ring (bicyclic) bond motifs is 1. The Balaban J connectivity index is 1.38. The molecule has 0 bridgehead atoms. The number of pyridine rings is 1. The second kappa shape index (κ2) is 13.7. The molecule has 0 saturated carbocycles. The fraction of sp³-hybridized carbons (Fsp3) is 0.467. The van der Waals surface area contributed by atoms with E-state index < -0.39 is 0 Å². The number of rotatable bonds is 13. The van der Waals surface area contributed by atoms with Gasteiger partial charge in [0.05, 0.1) is 51.7 Å². The number of carbonyl (C=O) groups is 1. The van der Waals surface area contributed by atoms with Crippen LogP contribution in [-0.2, 0) is 20.8 Å². The molecule has 230 valence electrons. The molecule has 2 aliphatic heterocycles. The average molecular weight is 613 g/mol. The van der Waals surface area contributed by atoms with Crippen molar-refractivity contribution in [3.63, 3.8) is 0 Å². The van der Waals surface area contributed by atoms with Gasteiger partial charge in [-0.25, -0.2) is 4.98 Å². The standard InChI is InChI=1S/C30H37ClN6O6/c1-35(2)7-5-6-26(38)36-15-22(16-36)43-9-8-37-28-20(14-33-30(34-28)32-13-19-17-42-18-19)10-24(29(37)39)23-11-21(40-3)12-25(41-4)27(23)31/h5-6,10-12,14,19,22H,7-9,13,15-18H2,1-4H3,(H,32,33,34). The van der Waals surface area contributed by atoms with E-state index in [2.05, 4.69) is 10.3 Å². The zero-order chi connectivity index (χ0) is 30.5. The van der Waals surface area contributed by atoms with Gasteiger partial charge in [-0.3, -0.25) is 14.2 Å². The maximum Gasteiger partial charge on any atom is 0.260 e. The predicted octanol–water partition coefficient (Wildman–Crippen LogP) is 2.53. The van der Waals surface area contributed by atoms with Gasteiger partial charge in [0.15, 0.2) is 0 Å². The molecule has 5 rings (SSSR count). The summed E-state index contributed by atoms with van der Waals surface area (Å²) in [5.41, 5.74) is 1.02. The zero-order valence-corrected chi connectivity index (χ0v) is 25.6. The van der Waals surface area contributed by atoms with Gasteiger partial charge in [0.1, 0.15) is 17.1 Å². The third-order valence-electron chi connectivity index (χ3n) is 7.40. The summed E-state index contributed by atoms with van der Waals surface area (Å²) >= 11 is 6.68. The summed E-state index contributed by atoms with van der Waals surface area (Å²) < 4.78 is 23.8. The number of likely N-dealkylation sites (tertiary alicyclic amines) is 1. The van der Waals surface area contributed by atoms with Crippen molar-refractivity contribution in [3.05, 3.63) is 51.9 Å². The van der Waals surface area contributed by atoms with E-state index in [0.29, 0.717) is 89.9 Å². The Kier molecular flexibility index (Phi) is 9.81. The Bertz CT molecular complexity index is 1550. The van der Waals surface area contributed by atoms with Crippen LogP contribution in [0.3, 0.4) is 0 Å². The van der Waals surface area contributed by atoms with Crippen molar-refractivity contribution in [1.29, 1.82) is 0 Å². The Morgan fingerprint density at radius 1 is 1.19 bits per heavy atom. The first-order valence-electron chi connectivity index (χ1n) is 14.1. The lowest BCUT2D eigenvalue weighted by molar-refractivity contribution is -0.139. The second-order valence-electron chi connectivity index (χ2n) is 10.9. The predicted molar refractivity (Wildman–Crippen MR) is 164 cm³/mol. The van der Waals surface area contributed by atoms with Crippen molar-refractivity contribution < 1.29 is 23.7 Å². The average Bonchev–Trinajstić information content (AvgIpc) is 2.94. The Hall–Kier alpha value is -3.71. The minimum Gasteiger partial charge on any atom is -0.497 e. The van der Waals surface area contributed by atoms with E-state index in [4.69, 9.17) is 35.5 Å². The molecule has 0 unspecified atom stereocenters. The molecule has 12 nitrogen and oxygen atoms in total. The van der Waals surface area contributed by atoms with Crippen LogP contribution in [0.5, 0.6) is 11.5 Å². The number of benzene rings is 1. The van der Waals surface area contributed by atoms with Crippen molar-refractivity contribution in [2.24, 2.45) is 5.92 Å². The van der Waals surface area contributed by atoms with Gasteiger partial charge >= 0.3 is 0 Å². The number of hydrogen-bond donors (Lipinski definition) is 1. The summed E-state index contributed by atoms with van der Waals surface area (Å²) in [5.74, 6) is 1.69. The topological polar surface area (TPSA) is 120 Å². The Morgan fingerprint density at radius 3 is 2.65 bits per heavy atom. The van der Waals surface area contributed by atoms with Crippen LogP contribution >= 0.6 is 11.6 Å². The second-order valence-corrected chi connectivity index (χ2v) is 11.2. The highest BCUT2D eigenvalue weighted by atomic mass is 35.5. The van der Waals surface area contributed by atoms with Crippen LogP contribution in [0.2, 0.25) is 5.02 Å². The van der Waals surface area contributed by atoms with Crippen LogP contribution in [0.1, 0.15) is 0 Å². The molecule has 1 amide bonds. The van der Waals surface area contributed by atoms with Crippen LogP contribution in [0.4, 0.5) is 5.95 Å².